The lowest BCUT2D eigenvalue weighted by molar-refractivity contribution is -0.384. The fourth-order valence-electron chi connectivity index (χ4n) is 3.09. The first-order valence-electron chi connectivity index (χ1n) is 7.60. The van der Waals surface area contributed by atoms with Crippen LogP contribution in [0.1, 0.15) is 56.3 Å². The first-order valence-corrected chi connectivity index (χ1v) is 7.60. The average Bonchev–Trinajstić information content (AvgIpc) is 2.71. The maximum Gasteiger partial charge on any atom is 0.270 e. The molecule has 1 aliphatic heterocycles. The quantitative estimate of drug-likeness (QED) is 0.478. The maximum atomic E-state index is 11.9. The lowest BCUT2D eigenvalue weighted by Gasteiger charge is -2.32. The molecule has 1 unspecified atom stereocenters. The summed E-state index contributed by atoms with van der Waals surface area (Å²) in [5, 5.41) is 10.9. The molecule has 1 heterocycles. The van der Waals surface area contributed by atoms with Crippen LogP contribution in [0.4, 0.5) is 11.4 Å². The number of nitro benzene ring substituents is 1. The molecule has 1 aromatic rings. The van der Waals surface area contributed by atoms with Gasteiger partial charge in [-0.2, -0.15) is 0 Å². The summed E-state index contributed by atoms with van der Waals surface area (Å²) in [5.41, 5.74) is 1.29. The Bertz CT molecular complexity index is 542. The number of rotatable bonds is 4. The van der Waals surface area contributed by atoms with Crippen LogP contribution in [0.2, 0.25) is 0 Å². The highest BCUT2D eigenvalue weighted by atomic mass is 16.6. The summed E-state index contributed by atoms with van der Waals surface area (Å²) < 4.78 is 0. The minimum atomic E-state index is -0.448. The summed E-state index contributed by atoms with van der Waals surface area (Å²) in [6, 6.07) is 5.06. The molecule has 0 bridgehead atoms. The summed E-state index contributed by atoms with van der Waals surface area (Å²) in [6.45, 7) is 4.54. The third-order valence-electron chi connectivity index (χ3n) is 4.23. The van der Waals surface area contributed by atoms with Crippen molar-refractivity contribution in [2.24, 2.45) is 0 Å². The molecule has 1 aromatic carbocycles. The normalized spacial score (nSPS) is 19.1. The lowest BCUT2D eigenvalue weighted by atomic mass is 10.0. The fraction of sp³-hybridized carbons (Fsp3) is 0.562. The lowest BCUT2D eigenvalue weighted by Crippen LogP contribution is -2.35. The van der Waals surface area contributed by atoms with E-state index in [2.05, 4.69) is 11.8 Å². The maximum absolute atomic E-state index is 11.9. The molecule has 1 saturated heterocycles. The molecule has 1 aliphatic rings. The number of carbonyl (C=O) groups excluding carboxylic acids is 1. The molecule has 21 heavy (non-hydrogen) atoms. The topological polar surface area (TPSA) is 63.4 Å². The second-order valence-corrected chi connectivity index (χ2v) is 5.62. The zero-order valence-electron chi connectivity index (χ0n) is 12.7. The van der Waals surface area contributed by atoms with Crippen molar-refractivity contribution in [3.8, 4) is 0 Å². The highest BCUT2D eigenvalue weighted by Gasteiger charge is 2.24. The third-order valence-corrected chi connectivity index (χ3v) is 4.23. The molecule has 5 heteroatoms. The standard InChI is InChI=1S/C16H22N2O3/c1-3-13-7-5-4-6-10-17(13)16-9-8-14(18(20)21)11-15(16)12(2)19/h8-9,11,13H,3-7,10H2,1-2H3. The van der Waals surface area contributed by atoms with Gasteiger partial charge >= 0.3 is 0 Å². The van der Waals surface area contributed by atoms with Gasteiger partial charge in [0.1, 0.15) is 0 Å². The Balaban J connectivity index is 2.45. The Kier molecular flexibility index (Phi) is 4.94. The molecule has 0 saturated carbocycles. The van der Waals surface area contributed by atoms with E-state index >= 15 is 0 Å². The highest BCUT2D eigenvalue weighted by Crippen LogP contribution is 2.31. The van der Waals surface area contributed by atoms with Gasteiger partial charge in [0.2, 0.25) is 0 Å². The van der Waals surface area contributed by atoms with Gasteiger partial charge in [0, 0.05) is 36.0 Å². The van der Waals surface area contributed by atoms with Gasteiger partial charge in [-0.3, -0.25) is 14.9 Å². The van der Waals surface area contributed by atoms with E-state index in [0.717, 1.165) is 31.5 Å². The van der Waals surface area contributed by atoms with Crippen LogP contribution in [0, 0.1) is 10.1 Å². The van der Waals surface area contributed by atoms with Gasteiger partial charge in [-0.15, -0.1) is 0 Å². The number of hydrogen-bond donors (Lipinski definition) is 0. The first-order chi connectivity index (χ1) is 10.0. The zero-order valence-corrected chi connectivity index (χ0v) is 12.7. The van der Waals surface area contributed by atoms with Crippen molar-refractivity contribution in [2.45, 2.75) is 52.0 Å². The summed E-state index contributed by atoms with van der Waals surface area (Å²) in [6.07, 6.45) is 5.65. The Morgan fingerprint density at radius 3 is 2.76 bits per heavy atom. The van der Waals surface area contributed by atoms with Crippen LogP contribution < -0.4 is 4.90 Å². The number of nitrogens with zero attached hydrogens (tertiary/aromatic N) is 2. The minimum absolute atomic E-state index is 0.0215. The van der Waals surface area contributed by atoms with E-state index in [1.807, 2.05) is 0 Å². The molecule has 0 amide bonds. The number of benzene rings is 1. The second kappa shape index (κ2) is 6.70. The van der Waals surface area contributed by atoms with E-state index in [1.54, 1.807) is 6.07 Å². The smallest absolute Gasteiger partial charge is 0.270 e. The van der Waals surface area contributed by atoms with E-state index in [4.69, 9.17) is 0 Å². The number of hydrogen-bond acceptors (Lipinski definition) is 4. The van der Waals surface area contributed by atoms with Crippen molar-refractivity contribution < 1.29 is 9.72 Å². The first kappa shape index (κ1) is 15.5. The van der Waals surface area contributed by atoms with Gasteiger partial charge in [-0.25, -0.2) is 0 Å². The molecule has 114 valence electrons. The highest BCUT2D eigenvalue weighted by molar-refractivity contribution is 6.00. The third kappa shape index (κ3) is 3.40. The Labute approximate surface area is 125 Å². The van der Waals surface area contributed by atoms with Crippen LogP contribution in [0.5, 0.6) is 0 Å². The molecular formula is C16H22N2O3. The van der Waals surface area contributed by atoms with Crippen LogP contribution in [0.25, 0.3) is 0 Å². The SMILES string of the molecule is CCC1CCCCCN1c1ccc([N+](=O)[O-])cc1C(C)=O. The van der Waals surface area contributed by atoms with Crippen molar-refractivity contribution in [1.82, 2.24) is 0 Å². The monoisotopic (exact) mass is 290 g/mol. The van der Waals surface area contributed by atoms with Crippen LogP contribution in [-0.2, 0) is 0 Å². The van der Waals surface area contributed by atoms with Crippen molar-refractivity contribution in [3.63, 3.8) is 0 Å². The van der Waals surface area contributed by atoms with Crippen LogP contribution in [-0.4, -0.2) is 23.3 Å². The van der Waals surface area contributed by atoms with Crippen molar-refractivity contribution >= 4 is 17.2 Å². The fourth-order valence-corrected chi connectivity index (χ4v) is 3.09. The number of anilines is 1. The Morgan fingerprint density at radius 1 is 1.38 bits per heavy atom. The molecule has 0 aromatic heterocycles. The van der Waals surface area contributed by atoms with E-state index < -0.39 is 4.92 Å². The van der Waals surface area contributed by atoms with E-state index in [9.17, 15) is 14.9 Å². The molecule has 1 fully saturated rings. The van der Waals surface area contributed by atoms with Crippen molar-refractivity contribution in [3.05, 3.63) is 33.9 Å². The molecule has 2 rings (SSSR count). The van der Waals surface area contributed by atoms with Crippen molar-refractivity contribution in [2.75, 3.05) is 11.4 Å². The number of ketones is 1. The van der Waals surface area contributed by atoms with Gasteiger partial charge < -0.3 is 4.90 Å². The van der Waals surface area contributed by atoms with Crippen LogP contribution in [0.3, 0.4) is 0 Å². The molecule has 0 spiro atoms. The Hall–Kier alpha value is -1.91. The van der Waals surface area contributed by atoms with Gasteiger partial charge in [0.25, 0.3) is 5.69 Å². The summed E-state index contributed by atoms with van der Waals surface area (Å²) >= 11 is 0. The largest absolute Gasteiger partial charge is 0.368 e. The van der Waals surface area contributed by atoms with E-state index in [0.29, 0.717) is 11.6 Å². The minimum Gasteiger partial charge on any atom is -0.368 e. The Morgan fingerprint density at radius 2 is 2.14 bits per heavy atom. The summed E-state index contributed by atoms with van der Waals surface area (Å²) in [4.78, 5) is 24.7. The zero-order chi connectivity index (χ0) is 15.4. The van der Waals surface area contributed by atoms with Gasteiger partial charge in [0.15, 0.2) is 5.78 Å². The number of carbonyl (C=O) groups is 1. The molecular weight excluding hydrogens is 268 g/mol. The number of Topliss-reactive ketones (excluding diaryl/α,β-unsaturated/α-hetero) is 1. The molecule has 0 aliphatic carbocycles. The van der Waals surface area contributed by atoms with Gasteiger partial charge in [-0.05, 0) is 32.3 Å². The van der Waals surface area contributed by atoms with Crippen LogP contribution >= 0.6 is 0 Å². The summed E-state index contributed by atoms with van der Waals surface area (Å²) in [5.74, 6) is -0.118. The molecule has 0 radical (unpaired) electrons. The summed E-state index contributed by atoms with van der Waals surface area (Å²) in [7, 11) is 0. The predicted octanol–water partition coefficient (Wildman–Crippen LogP) is 3.96. The van der Waals surface area contributed by atoms with Crippen molar-refractivity contribution in [1.29, 1.82) is 0 Å². The molecule has 5 nitrogen and oxygen atoms in total. The number of nitro groups is 1. The van der Waals surface area contributed by atoms with Gasteiger partial charge in [-0.1, -0.05) is 19.8 Å². The number of non-ortho nitro benzene ring substituents is 1. The average molecular weight is 290 g/mol. The second-order valence-electron chi connectivity index (χ2n) is 5.62. The van der Waals surface area contributed by atoms with E-state index in [1.165, 1.54) is 31.9 Å². The van der Waals surface area contributed by atoms with E-state index in [-0.39, 0.29) is 11.5 Å². The predicted molar refractivity (Wildman–Crippen MR) is 83.0 cm³/mol. The van der Waals surface area contributed by atoms with Gasteiger partial charge in [0.05, 0.1) is 4.92 Å². The molecule has 1 atom stereocenters. The van der Waals surface area contributed by atoms with Crippen LogP contribution in [0.15, 0.2) is 18.2 Å². The molecule has 0 N–H and O–H groups in total.